The van der Waals surface area contributed by atoms with Gasteiger partial charge in [0.05, 0.1) is 6.61 Å². The maximum Gasteiger partial charge on any atom is 0.191 e. The van der Waals surface area contributed by atoms with E-state index < -0.39 is 0 Å². The number of rotatable bonds is 6. The number of hydrogen-bond donors (Lipinski definition) is 2. The van der Waals surface area contributed by atoms with E-state index >= 15 is 0 Å². The molecule has 2 aliphatic heterocycles. The van der Waals surface area contributed by atoms with E-state index in [9.17, 15) is 0 Å². The molecule has 0 spiro atoms. The number of aliphatic imine (C=N–C) groups is 1. The Hall–Kier alpha value is -2.22. The molecule has 6 heteroatoms. The van der Waals surface area contributed by atoms with Crippen LogP contribution in [0, 0.1) is 0 Å². The zero-order chi connectivity index (χ0) is 19.2. The normalized spacial score (nSPS) is 14.9. The average molecular weight is 504 g/mol. The molecule has 0 aromatic heterocycles. The zero-order valence-corrected chi connectivity index (χ0v) is 19.2. The SMILES string of the molecule is CN=C(NCCc1ccc2c(c1)CCO2)NCc1ccc(N2CC=CC2)cc1.I. The molecule has 0 bridgehead atoms. The number of benzene rings is 2. The second-order valence-electron chi connectivity index (χ2n) is 7.19. The van der Waals surface area contributed by atoms with Gasteiger partial charge in [0.2, 0.25) is 0 Å². The molecule has 0 saturated carbocycles. The van der Waals surface area contributed by atoms with Gasteiger partial charge in [0.15, 0.2) is 5.96 Å². The van der Waals surface area contributed by atoms with E-state index in [4.69, 9.17) is 4.74 Å². The molecule has 0 saturated heterocycles. The second kappa shape index (κ2) is 10.5. The highest BCUT2D eigenvalue weighted by Crippen LogP contribution is 2.25. The van der Waals surface area contributed by atoms with Crippen molar-refractivity contribution in [2.75, 3.05) is 38.2 Å². The summed E-state index contributed by atoms with van der Waals surface area (Å²) >= 11 is 0. The first kappa shape index (κ1) is 21.5. The summed E-state index contributed by atoms with van der Waals surface area (Å²) in [7, 11) is 1.81. The lowest BCUT2D eigenvalue weighted by atomic mass is 10.1. The number of hydrogen-bond acceptors (Lipinski definition) is 3. The number of nitrogens with zero attached hydrogens (tertiary/aromatic N) is 2. The van der Waals surface area contributed by atoms with E-state index in [0.717, 1.165) is 57.3 Å². The highest BCUT2D eigenvalue weighted by atomic mass is 127. The third kappa shape index (κ3) is 5.65. The molecule has 0 atom stereocenters. The number of anilines is 1. The summed E-state index contributed by atoms with van der Waals surface area (Å²) in [5.41, 5.74) is 5.18. The Bertz CT molecular complexity index is 856. The lowest BCUT2D eigenvalue weighted by Gasteiger charge is -2.18. The van der Waals surface area contributed by atoms with Gasteiger partial charge in [-0.1, -0.05) is 36.4 Å². The fourth-order valence-electron chi connectivity index (χ4n) is 3.64. The molecular formula is C23H29IN4O. The summed E-state index contributed by atoms with van der Waals surface area (Å²) in [6, 6.07) is 15.3. The predicted octanol–water partition coefficient (Wildman–Crippen LogP) is 3.52. The molecule has 29 heavy (non-hydrogen) atoms. The summed E-state index contributed by atoms with van der Waals surface area (Å²) in [4.78, 5) is 6.68. The van der Waals surface area contributed by atoms with Gasteiger partial charge < -0.3 is 20.3 Å². The maximum atomic E-state index is 5.57. The monoisotopic (exact) mass is 504 g/mol. The van der Waals surface area contributed by atoms with Gasteiger partial charge in [0, 0.05) is 45.3 Å². The summed E-state index contributed by atoms with van der Waals surface area (Å²) in [5, 5.41) is 6.80. The third-order valence-electron chi connectivity index (χ3n) is 5.26. The van der Waals surface area contributed by atoms with Gasteiger partial charge in [-0.3, -0.25) is 4.99 Å². The first-order chi connectivity index (χ1) is 13.8. The van der Waals surface area contributed by atoms with Crippen LogP contribution in [0.25, 0.3) is 0 Å². The van der Waals surface area contributed by atoms with Gasteiger partial charge in [-0.2, -0.15) is 0 Å². The van der Waals surface area contributed by atoms with Crippen molar-refractivity contribution in [3.8, 4) is 5.75 Å². The van der Waals surface area contributed by atoms with E-state index in [2.05, 4.69) is 75.1 Å². The Morgan fingerprint density at radius 2 is 1.79 bits per heavy atom. The van der Waals surface area contributed by atoms with Crippen molar-refractivity contribution >= 4 is 35.6 Å². The van der Waals surface area contributed by atoms with Crippen LogP contribution in [0.3, 0.4) is 0 Å². The highest BCUT2D eigenvalue weighted by Gasteiger charge is 2.12. The predicted molar refractivity (Wildman–Crippen MR) is 131 cm³/mol. The Kier molecular flexibility index (Phi) is 7.80. The molecule has 2 N–H and O–H groups in total. The summed E-state index contributed by atoms with van der Waals surface area (Å²) in [6.07, 6.45) is 6.41. The molecule has 0 radical (unpaired) electrons. The lowest BCUT2D eigenvalue weighted by molar-refractivity contribution is 0.357. The van der Waals surface area contributed by atoms with Crippen molar-refractivity contribution < 1.29 is 4.74 Å². The van der Waals surface area contributed by atoms with Crippen LogP contribution in [0.2, 0.25) is 0 Å². The topological polar surface area (TPSA) is 48.9 Å². The molecule has 0 unspecified atom stereocenters. The smallest absolute Gasteiger partial charge is 0.191 e. The highest BCUT2D eigenvalue weighted by molar-refractivity contribution is 14.0. The lowest BCUT2D eigenvalue weighted by Crippen LogP contribution is -2.37. The molecule has 4 rings (SSSR count). The number of halogens is 1. The molecule has 2 aromatic carbocycles. The second-order valence-corrected chi connectivity index (χ2v) is 7.19. The number of nitrogens with one attached hydrogen (secondary N) is 2. The van der Waals surface area contributed by atoms with Crippen molar-refractivity contribution in [2.45, 2.75) is 19.4 Å². The number of fused-ring (bicyclic) bond motifs is 1. The number of guanidine groups is 1. The standard InChI is InChI=1S/C23H28N4O.HI/c1-24-23(25-12-10-18-6-9-22-20(16-18)11-15-28-22)26-17-19-4-7-21(8-5-19)27-13-2-3-14-27;/h2-9,16H,10-15,17H2,1H3,(H2,24,25,26);1H. The summed E-state index contributed by atoms with van der Waals surface area (Å²) < 4.78 is 5.57. The molecule has 2 heterocycles. The Balaban J connectivity index is 0.00000240. The van der Waals surface area contributed by atoms with Gasteiger partial charge >= 0.3 is 0 Å². The van der Waals surface area contributed by atoms with E-state index in [1.165, 1.54) is 22.4 Å². The van der Waals surface area contributed by atoms with Crippen LogP contribution in [0.1, 0.15) is 16.7 Å². The third-order valence-corrected chi connectivity index (χ3v) is 5.26. The first-order valence-corrected chi connectivity index (χ1v) is 10.00. The molecule has 154 valence electrons. The van der Waals surface area contributed by atoms with Gasteiger partial charge in [-0.15, -0.1) is 24.0 Å². The molecule has 2 aromatic rings. The fourth-order valence-corrected chi connectivity index (χ4v) is 3.64. The minimum absolute atomic E-state index is 0. The quantitative estimate of drug-likeness (QED) is 0.274. The molecule has 5 nitrogen and oxygen atoms in total. The van der Waals surface area contributed by atoms with E-state index in [0.29, 0.717) is 0 Å². The van der Waals surface area contributed by atoms with Crippen LogP contribution in [0.15, 0.2) is 59.6 Å². The minimum Gasteiger partial charge on any atom is -0.493 e. The zero-order valence-electron chi connectivity index (χ0n) is 16.9. The summed E-state index contributed by atoms with van der Waals surface area (Å²) in [5.74, 6) is 1.87. The van der Waals surface area contributed by atoms with Crippen molar-refractivity contribution in [1.82, 2.24) is 10.6 Å². The van der Waals surface area contributed by atoms with Gasteiger partial charge in [0.25, 0.3) is 0 Å². The molecule has 0 fully saturated rings. The Labute approximate surface area is 190 Å². The van der Waals surface area contributed by atoms with E-state index in [-0.39, 0.29) is 24.0 Å². The summed E-state index contributed by atoms with van der Waals surface area (Å²) in [6.45, 7) is 4.43. The van der Waals surface area contributed by atoms with Crippen LogP contribution in [0.5, 0.6) is 5.75 Å². The van der Waals surface area contributed by atoms with Crippen molar-refractivity contribution in [2.24, 2.45) is 4.99 Å². The number of ether oxygens (including phenoxy) is 1. The first-order valence-electron chi connectivity index (χ1n) is 10.00. The molecule has 0 aliphatic carbocycles. The average Bonchev–Trinajstić information content (AvgIpc) is 3.42. The van der Waals surface area contributed by atoms with Crippen LogP contribution >= 0.6 is 24.0 Å². The van der Waals surface area contributed by atoms with Crippen LogP contribution in [-0.4, -0.2) is 39.2 Å². The van der Waals surface area contributed by atoms with Crippen molar-refractivity contribution in [3.63, 3.8) is 0 Å². The Morgan fingerprint density at radius 1 is 1.03 bits per heavy atom. The largest absolute Gasteiger partial charge is 0.493 e. The van der Waals surface area contributed by atoms with Crippen molar-refractivity contribution in [1.29, 1.82) is 0 Å². The van der Waals surface area contributed by atoms with Gasteiger partial charge in [-0.05, 0) is 41.3 Å². The fraction of sp³-hybridized carbons (Fsp3) is 0.348. The van der Waals surface area contributed by atoms with Crippen molar-refractivity contribution in [3.05, 3.63) is 71.3 Å². The van der Waals surface area contributed by atoms with Crippen LogP contribution in [0.4, 0.5) is 5.69 Å². The molecule has 2 aliphatic rings. The van der Waals surface area contributed by atoms with E-state index in [1.54, 1.807) is 0 Å². The van der Waals surface area contributed by atoms with Crippen LogP contribution in [-0.2, 0) is 19.4 Å². The minimum atomic E-state index is 0. The van der Waals surface area contributed by atoms with Crippen LogP contribution < -0.4 is 20.3 Å². The Morgan fingerprint density at radius 3 is 2.55 bits per heavy atom. The van der Waals surface area contributed by atoms with Gasteiger partial charge in [0.1, 0.15) is 5.75 Å². The maximum absolute atomic E-state index is 5.57. The van der Waals surface area contributed by atoms with Gasteiger partial charge in [-0.25, -0.2) is 0 Å². The molecule has 0 amide bonds. The molecular weight excluding hydrogens is 475 g/mol. The van der Waals surface area contributed by atoms with E-state index in [1.807, 2.05) is 7.05 Å².